The van der Waals surface area contributed by atoms with Gasteiger partial charge in [0.1, 0.15) is 5.03 Å². The summed E-state index contributed by atoms with van der Waals surface area (Å²) in [4.78, 5) is 45.2. The predicted molar refractivity (Wildman–Crippen MR) is 121 cm³/mol. The molecule has 32 heavy (non-hydrogen) atoms. The lowest BCUT2D eigenvalue weighted by molar-refractivity contribution is -0.142. The van der Waals surface area contributed by atoms with Gasteiger partial charge < -0.3 is 14.8 Å². The number of nitrogens with one attached hydrogen (secondary N) is 1. The Morgan fingerprint density at radius 2 is 2.22 bits per heavy atom. The Hall–Kier alpha value is -2.24. The van der Waals surface area contributed by atoms with Crippen molar-refractivity contribution < 1.29 is 19.1 Å². The Labute approximate surface area is 193 Å². The van der Waals surface area contributed by atoms with Crippen LogP contribution in [0.25, 0.3) is 0 Å². The van der Waals surface area contributed by atoms with E-state index in [0.717, 1.165) is 50.0 Å². The number of nitrogens with zero attached hydrogens (tertiary/aromatic N) is 3. The highest BCUT2D eigenvalue weighted by atomic mass is 32.2. The van der Waals surface area contributed by atoms with Crippen molar-refractivity contribution >= 4 is 40.1 Å². The lowest BCUT2D eigenvalue weighted by Crippen LogP contribution is -2.31. The highest BCUT2D eigenvalue weighted by Gasteiger charge is 2.25. The summed E-state index contributed by atoms with van der Waals surface area (Å²) in [5.41, 5.74) is 2.40. The first-order valence-electron chi connectivity index (χ1n) is 10.8. The molecule has 9 nitrogen and oxygen atoms in total. The molecule has 1 atom stereocenters. The molecule has 2 aromatic rings. The van der Waals surface area contributed by atoms with Crippen LogP contribution in [0.4, 0.5) is 5.13 Å². The Bertz CT molecular complexity index is 1050. The number of esters is 1. The number of hydrogen-bond donors (Lipinski definition) is 1. The van der Waals surface area contributed by atoms with Crippen LogP contribution in [0.2, 0.25) is 0 Å². The molecule has 0 spiro atoms. The summed E-state index contributed by atoms with van der Waals surface area (Å²) < 4.78 is 12.4. The van der Waals surface area contributed by atoms with Crippen molar-refractivity contribution in [3.05, 3.63) is 32.8 Å². The van der Waals surface area contributed by atoms with Gasteiger partial charge in [0.2, 0.25) is 5.91 Å². The van der Waals surface area contributed by atoms with Crippen LogP contribution < -0.4 is 11.0 Å². The average molecular weight is 479 g/mol. The van der Waals surface area contributed by atoms with Crippen LogP contribution in [0.3, 0.4) is 0 Å². The molecule has 0 saturated carbocycles. The van der Waals surface area contributed by atoms with Gasteiger partial charge in [0, 0.05) is 23.2 Å². The molecule has 0 radical (unpaired) electrons. The van der Waals surface area contributed by atoms with Gasteiger partial charge in [0.15, 0.2) is 5.13 Å². The fourth-order valence-corrected chi connectivity index (χ4v) is 5.58. The molecule has 1 N–H and O–H groups in total. The maximum absolute atomic E-state index is 12.7. The number of ether oxygens (including phenoxy) is 2. The number of anilines is 1. The van der Waals surface area contributed by atoms with Crippen LogP contribution >= 0.6 is 23.1 Å². The van der Waals surface area contributed by atoms with E-state index >= 15 is 0 Å². The van der Waals surface area contributed by atoms with E-state index in [2.05, 4.69) is 15.3 Å². The van der Waals surface area contributed by atoms with Gasteiger partial charge in [-0.1, -0.05) is 11.8 Å². The van der Waals surface area contributed by atoms with Gasteiger partial charge in [-0.25, -0.2) is 9.78 Å². The topological polar surface area (TPSA) is 112 Å². The maximum atomic E-state index is 12.7. The van der Waals surface area contributed by atoms with E-state index in [1.165, 1.54) is 23.1 Å². The molecule has 2 aromatic heterocycles. The summed E-state index contributed by atoms with van der Waals surface area (Å²) in [6.07, 6.45) is 4.85. The molecule has 1 saturated heterocycles. The van der Waals surface area contributed by atoms with Crippen molar-refractivity contribution in [2.75, 3.05) is 24.3 Å². The van der Waals surface area contributed by atoms with E-state index in [1.54, 1.807) is 16.9 Å². The zero-order valence-electron chi connectivity index (χ0n) is 17.9. The minimum absolute atomic E-state index is 0.0766. The van der Waals surface area contributed by atoms with E-state index in [9.17, 15) is 14.4 Å². The minimum Gasteiger partial charge on any atom is -0.466 e. The molecule has 1 unspecified atom stereocenters. The Kier molecular flexibility index (Phi) is 7.59. The van der Waals surface area contributed by atoms with Gasteiger partial charge in [-0.2, -0.15) is 4.98 Å². The summed E-state index contributed by atoms with van der Waals surface area (Å²) in [6.45, 7) is 3.37. The second kappa shape index (κ2) is 10.6. The third-order valence-corrected chi connectivity index (χ3v) is 7.20. The predicted octanol–water partition coefficient (Wildman–Crippen LogP) is 2.20. The summed E-state index contributed by atoms with van der Waals surface area (Å²) in [7, 11) is 0. The summed E-state index contributed by atoms with van der Waals surface area (Å²) >= 11 is 2.54. The van der Waals surface area contributed by atoms with Crippen molar-refractivity contribution in [3.63, 3.8) is 0 Å². The standard InChI is InChI=1S/C21H26N4O5S2/c1-2-29-18(27)9-13-11-32-20(22-13)23-17(26)12-31-19-15-6-3-7-16(15)25(21(28)24-19)10-14-5-4-8-30-14/h11,14H,2-10,12H2,1H3,(H,22,23,26). The molecule has 1 amide bonds. The number of carbonyl (C=O) groups is 2. The molecule has 172 valence electrons. The van der Waals surface area contributed by atoms with Crippen molar-refractivity contribution in [2.24, 2.45) is 0 Å². The lowest BCUT2D eigenvalue weighted by atomic mass is 10.2. The minimum atomic E-state index is -0.347. The van der Waals surface area contributed by atoms with Crippen molar-refractivity contribution in [2.45, 2.75) is 63.1 Å². The van der Waals surface area contributed by atoms with E-state index < -0.39 is 0 Å². The second-order valence-electron chi connectivity index (χ2n) is 7.69. The molecule has 1 aliphatic carbocycles. The molecule has 4 rings (SSSR count). The number of thiazole rings is 1. The molecule has 1 fully saturated rings. The summed E-state index contributed by atoms with van der Waals surface area (Å²) in [5.74, 6) is -0.453. The van der Waals surface area contributed by atoms with Crippen LogP contribution in [-0.2, 0) is 44.9 Å². The first-order chi connectivity index (χ1) is 15.5. The third-order valence-electron chi connectivity index (χ3n) is 5.38. The van der Waals surface area contributed by atoms with Crippen LogP contribution in [0.5, 0.6) is 0 Å². The van der Waals surface area contributed by atoms with Gasteiger partial charge in [-0.15, -0.1) is 11.3 Å². The number of hydrogen-bond acceptors (Lipinski definition) is 9. The number of thioether (sulfide) groups is 1. The Morgan fingerprint density at radius 1 is 1.34 bits per heavy atom. The van der Waals surface area contributed by atoms with Gasteiger partial charge in [0.25, 0.3) is 0 Å². The SMILES string of the molecule is CCOC(=O)Cc1csc(NC(=O)CSc2nc(=O)n(CC3CCCO3)c3c2CCC3)n1. The number of aromatic nitrogens is 3. The van der Waals surface area contributed by atoms with E-state index in [1.807, 2.05) is 0 Å². The molecule has 1 aliphatic heterocycles. The van der Waals surface area contributed by atoms with Crippen molar-refractivity contribution in [1.29, 1.82) is 0 Å². The first-order valence-corrected chi connectivity index (χ1v) is 12.7. The van der Waals surface area contributed by atoms with Gasteiger partial charge in [-0.05, 0) is 39.0 Å². The second-order valence-corrected chi connectivity index (χ2v) is 9.51. The molecule has 0 aromatic carbocycles. The normalized spacial score (nSPS) is 17.3. The van der Waals surface area contributed by atoms with Gasteiger partial charge in [-0.3, -0.25) is 14.2 Å². The molecule has 3 heterocycles. The van der Waals surface area contributed by atoms with Crippen molar-refractivity contribution in [1.82, 2.24) is 14.5 Å². The van der Waals surface area contributed by atoms with Crippen LogP contribution in [0.15, 0.2) is 15.2 Å². The molecule has 11 heteroatoms. The molecular formula is C21H26N4O5S2. The van der Waals surface area contributed by atoms with E-state index in [0.29, 0.717) is 29.0 Å². The van der Waals surface area contributed by atoms with Gasteiger partial charge >= 0.3 is 11.7 Å². The van der Waals surface area contributed by atoms with E-state index in [-0.39, 0.29) is 35.8 Å². The van der Waals surface area contributed by atoms with Gasteiger partial charge in [0.05, 0.1) is 37.1 Å². The Balaban J connectivity index is 1.36. The van der Waals surface area contributed by atoms with Crippen LogP contribution in [0.1, 0.15) is 43.1 Å². The highest BCUT2D eigenvalue weighted by molar-refractivity contribution is 8.00. The number of carbonyl (C=O) groups excluding carboxylic acids is 2. The fourth-order valence-electron chi connectivity index (χ4n) is 3.98. The zero-order chi connectivity index (χ0) is 22.5. The summed E-state index contributed by atoms with van der Waals surface area (Å²) in [6, 6.07) is 0. The molecular weight excluding hydrogens is 452 g/mol. The maximum Gasteiger partial charge on any atom is 0.348 e. The number of fused-ring (bicyclic) bond motifs is 1. The molecule has 0 bridgehead atoms. The highest BCUT2D eigenvalue weighted by Crippen LogP contribution is 2.30. The number of amides is 1. The smallest absolute Gasteiger partial charge is 0.348 e. The zero-order valence-corrected chi connectivity index (χ0v) is 19.6. The quantitative estimate of drug-likeness (QED) is 0.332. The van der Waals surface area contributed by atoms with Crippen LogP contribution in [0, 0.1) is 0 Å². The molecule has 2 aliphatic rings. The first kappa shape index (κ1) is 22.9. The average Bonchev–Trinajstić information content (AvgIpc) is 3.51. The summed E-state index contributed by atoms with van der Waals surface area (Å²) in [5, 5.41) is 5.54. The van der Waals surface area contributed by atoms with E-state index in [4.69, 9.17) is 9.47 Å². The largest absolute Gasteiger partial charge is 0.466 e. The Morgan fingerprint density at radius 3 is 3.00 bits per heavy atom. The number of rotatable bonds is 9. The monoisotopic (exact) mass is 478 g/mol. The lowest BCUT2D eigenvalue weighted by Gasteiger charge is -2.17. The van der Waals surface area contributed by atoms with Crippen LogP contribution in [-0.4, -0.2) is 51.5 Å². The third kappa shape index (κ3) is 5.57. The van der Waals surface area contributed by atoms with Crippen molar-refractivity contribution in [3.8, 4) is 0 Å². The fraction of sp³-hybridized carbons (Fsp3) is 0.571.